The van der Waals surface area contributed by atoms with Gasteiger partial charge < -0.3 is 9.88 Å². The van der Waals surface area contributed by atoms with Crippen molar-refractivity contribution in [1.82, 2.24) is 5.32 Å². The van der Waals surface area contributed by atoms with Gasteiger partial charge in [-0.2, -0.15) is 0 Å². The second-order valence-electron chi connectivity index (χ2n) is 9.84. The number of benzene rings is 4. The van der Waals surface area contributed by atoms with Gasteiger partial charge in [0.2, 0.25) is 5.91 Å². The van der Waals surface area contributed by atoms with Crippen molar-refractivity contribution in [2.24, 2.45) is 0 Å². The average molecular weight is 508 g/mol. The molecular formula is C33H34NO2P. The molecule has 1 amide bonds. The highest BCUT2D eigenvalue weighted by molar-refractivity contribution is 7.78. The Kier molecular flexibility index (Phi) is 7.44. The second-order valence-corrected chi connectivity index (χ2v) is 12.8. The van der Waals surface area contributed by atoms with Crippen LogP contribution in [0.4, 0.5) is 0 Å². The molecule has 188 valence electrons. The number of fused-ring (bicyclic) bond motifs is 3. The van der Waals surface area contributed by atoms with Gasteiger partial charge in [0, 0.05) is 23.3 Å². The molecule has 3 nitrogen and oxygen atoms in total. The molecule has 0 bridgehead atoms. The molecule has 37 heavy (non-hydrogen) atoms. The van der Waals surface area contributed by atoms with Crippen LogP contribution < -0.4 is 15.9 Å². The number of unbranched alkanes of at least 4 members (excludes halogenated alkanes) is 1. The van der Waals surface area contributed by atoms with Crippen LogP contribution in [0.5, 0.6) is 0 Å². The van der Waals surface area contributed by atoms with Gasteiger partial charge in [0.1, 0.15) is 12.6 Å². The zero-order chi connectivity index (χ0) is 25.7. The van der Waals surface area contributed by atoms with E-state index in [0.717, 1.165) is 52.1 Å². The molecule has 0 heterocycles. The molecule has 5 rings (SSSR count). The Balaban J connectivity index is 1.46. The maximum Gasteiger partial charge on any atom is 0.235 e. The summed E-state index contributed by atoms with van der Waals surface area (Å²) in [5, 5.41) is 5.00. The highest BCUT2D eigenvalue weighted by Crippen LogP contribution is 2.52. The van der Waals surface area contributed by atoms with Gasteiger partial charge in [-0.15, -0.1) is 0 Å². The molecule has 1 aliphatic rings. The minimum atomic E-state index is -2.78. The summed E-state index contributed by atoms with van der Waals surface area (Å²) in [5.74, 6) is 0.0704. The Labute approximate surface area is 220 Å². The summed E-state index contributed by atoms with van der Waals surface area (Å²) >= 11 is 0. The molecule has 0 saturated heterocycles. The van der Waals surface area contributed by atoms with Crippen LogP contribution in [0.15, 0.2) is 109 Å². The van der Waals surface area contributed by atoms with Gasteiger partial charge in [0.25, 0.3) is 0 Å². The predicted molar refractivity (Wildman–Crippen MR) is 154 cm³/mol. The first kappa shape index (κ1) is 25.2. The lowest BCUT2D eigenvalue weighted by Gasteiger charge is -2.31. The lowest BCUT2D eigenvalue weighted by Crippen LogP contribution is -2.44. The van der Waals surface area contributed by atoms with Crippen molar-refractivity contribution >= 4 is 23.7 Å². The summed E-state index contributed by atoms with van der Waals surface area (Å²) in [6.07, 6.45) is 3.72. The SMILES string of the molecule is CCCNC(=O)C1(CCCCP(=O)(c2ccccc2)c2ccccc2)c2ccccc2-c2ccccc21. The Morgan fingerprint density at radius 1 is 0.703 bits per heavy atom. The summed E-state index contributed by atoms with van der Waals surface area (Å²) in [6, 6.07) is 36.3. The number of hydrogen-bond acceptors (Lipinski definition) is 2. The first-order valence-electron chi connectivity index (χ1n) is 13.3. The number of nitrogens with one attached hydrogen (secondary N) is 1. The summed E-state index contributed by atoms with van der Waals surface area (Å²) in [7, 11) is -2.78. The zero-order valence-corrected chi connectivity index (χ0v) is 22.3. The van der Waals surface area contributed by atoms with Crippen LogP contribution in [0.3, 0.4) is 0 Å². The van der Waals surface area contributed by atoms with Crippen molar-refractivity contribution in [3.8, 4) is 11.1 Å². The van der Waals surface area contributed by atoms with Crippen LogP contribution >= 0.6 is 7.14 Å². The minimum absolute atomic E-state index is 0.0704. The molecular weight excluding hydrogens is 473 g/mol. The molecule has 0 spiro atoms. The molecule has 0 aromatic heterocycles. The largest absolute Gasteiger partial charge is 0.355 e. The summed E-state index contributed by atoms with van der Waals surface area (Å²) in [4.78, 5) is 13.9. The third-order valence-electron chi connectivity index (χ3n) is 7.61. The molecule has 1 N–H and O–H groups in total. The lowest BCUT2D eigenvalue weighted by atomic mass is 9.73. The quantitative estimate of drug-likeness (QED) is 0.193. The molecule has 0 radical (unpaired) electrons. The molecule has 4 heteroatoms. The van der Waals surface area contributed by atoms with Crippen LogP contribution in [0, 0.1) is 0 Å². The van der Waals surface area contributed by atoms with Crippen LogP contribution in [0.25, 0.3) is 11.1 Å². The second kappa shape index (κ2) is 10.9. The van der Waals surface area contributed by atoms with Crippen LogP contribution in [-0.2, 0) is 14.8 Å². The van der Waals surface area contributed by atoms with Crippen LogP contribution in [0.2, 0.25) is 0 Å². The third kappa shape index (κ3) is 4.58. The number of carbonyl (C=O) groups is 1. The Morgan fingerprint density at radius 3 is 1.70 bits per heavy atom. The molecule has 0 fully saturated rings. The number of rotatable bonds is 10. The fraction of sp³-hybridized carbons (Fsp3) is 0.242. The van der Waals surface area contributed by atoms with Gasteiger partial charge in [-0.25, -0.2) is 0 Å². The smallest absolute Gasteiger partial charge is 0.235 e. The first-order chi connectivity index (χ1) is 18.1. The Hall–Kier alpha value is -3.42. The van der Waals surface area contributed by atoms with Gasteiger partial charge >= 0.3 is 0 Å². The highest BCUT2D eigenvalue weighted by atomic mass is 31.2. The van der Waals surface area contributed by atoms with Crippen molar-refractivity contribution in [2.45, 2.75) is 38.0 Å². The fourth-order valence-corrected chi connectivity index (χ4v) is 8.60. The van der Waals surface area contributed by atoms with E-state index in [2.05, 4.69) is 36.5 Å². The number of carbonyl (C=O) groups excluding carboxylic acids is 1. The molecule has 0 atom stereocenters. The molecule has 0 unspecified atom stereocenters. The summed E-state index contributed by atoms with van der Waals surface area (Å²) < 4.78 is 14.5. The molecule has 4 aromatic carbocycles. The number of hydrogen-bond donors (Lipinski definition) is 1. The fourth-order valence-electron chi connectivity index (χ4n) is 5.81. The van der Waals surface area contributed by atoms with Crippen LogP contribution in [-0.4, -0.2) is 18.6 Å². The van der Waals surface area contributed by atoms with E-state index in [4.69, 9.17) is 0 Å². The zero-order valence-electron chi connectivity index (χ0n) is 21.4. The average Bonchev–Trinajstić information content (AvgIpc) is 3.25. The van der Waals surface area contributed by atoms with Crippen molar-refractivity contribution < 1.29 is 9.36 Å². The van der Waals surface area contributed by atoms with E-state index >= 15 is 0 Å². The van der Waals surface area contributed by atoms with Crippen molar-refractivity contribution in [3.63, 3.8) is 0 Å². The monoisotopic (exact) mass is 507 g/mol. The molecule has 0 aliphatic heterocycles. The van der Waals surface area contributed by atoms with Gasteiger partial charge in [-0.1, -0.05) is 123 Å². The summed E-state index contributed by atoms with van der Waals surface area (Å²) in [6.45, 7) is 2.73. The van der Waals surface area contributed by atoms with Crippen molar-refractivity contribution in [2.75, 3.05) is 12.7 Å². The van der Waals surface area contributed by atoms with Gasteiger partial charge in [0.05, 0.1) is 0 Å². The first-order valence-corrected chi connectivity index (χ1v) is 15.2. The van der Waals surface area contributed by atoms with E-state index in [1.54, 1.807) is 0 Å². The van der Waals surface area contributed by atoms with Gasteiger partial charge in [-0.3, -0.25) is 4.79 Å². The highest BCUT2D eigenvalue weighted by Gasteiger charge is 2.48. The Morgan fingerprint density at radius 2 is 1.19 bits per heavy atom. The maximum atomic E-state index is 14.5. The van der Waals surface area contributed by atoms with Crippen LogP contribution in [0.1, 0.15) is 43.7 Å². The molecule has 0 saturated carbocycles. The summed E-state index contributed by atoms with van der Waals surface area (Å²) in [5.41, 5.74) is 3.72. The van der Waals surface area contributed by atoms with Gasteiger partial charge in [0.15, 0.2) is 0 Å². The van der Waals surface area contributed by atoms with E-state index < -0.39 is 12.6 Å². The van der Waals surface area contributed by atoms with E-state index in [1.165, 1.54) is 0 Å². The van der Waals surface area contributed by atoms with E-state index in [-0.39, 0.29) is 5.91 Å². The number of amides is 1. The normalized spacial score (nSPS) is 13.5. The minimum Gasteiger partial charge on any atom is -0.355 e. The van der Waals surface area contributed by atoms with Crippen molar-refractivity contribution in [1.29, 1.82) is 0 Å². The predicted octanol–water partition coefficient (Wildman–Crippen LogP) is 6.66. The Bertz CT molecular complexity index is 1330. The molecule has 4 aromatic rings. The van der Waals surface area contributed by atoms with Gasteiger partial charge in [-0.05, 0) is 41.5 Å². The van der Waals surface area contributed by atoms with E-state index in [0.29, 0.717) is 19.1 Å². The third-order valence-corrected chi connectivity index (χ3v) is 10.8. The standard InChI is InChI=1S/C33H34NO2P/c1-2-24-34-32(35)33(30-21-11-9-19-28(30)29-20-10-12-22-31(29)33)23-13-14-25-37(36,26-15-5-3-6-16-26)27-17-7-4-8-18-27/h3-12,15-22H,2,13-14,23-25H2,1H3,(H,34,35). The van der Waals surface area contributed by atoms with E-state index in [9.17, 15) is 9.36 Å². The topological polar surface area (TPSA) is 46.2 Å². The van der Waals surface area contributed by atoms with Crippen molar-refractivity contribution in [3.05, 3.63) is 120 Å². The lowest BCUT2D eigenvalue weighted by molar-refractivity contribution is -0.125. The van der Waals surface area contributed by atoms with E-state index in [1.807, 2.05) is 84.9 Å². The maximum absolute atomic E-state index is 14.5. The molecule has 1 aliphatic carbocycles.